The highest BCUT2D eigenvalue weighted by Crippen LogP contribution is 2.39. The van der Waals surface area contributed by atoms with Crippen LogP contribution in [0.2, 0.25) is 0 Å². The van der Waals surface area contributed by atoms with Gasteiger partial charge in [0.2, 0.25) is 0 Å². The Morgan fingerprint density at radius 3 is 2.47 bits per heavy atom. The summed E-state index contributed by atoms with van der Waals surface area (Å²) in [5.41, 5.74) is 0.840. The fourth-order valence-corrected chi connectivity index (χ4v) is 2.40. The van der Waals surface area contributed by atoms with Gasteiger partial charge in [0.1, 0.15) is 24.4 Å². The third-order valence-electron chi connectivity index (χ3n) is 3.41. The van der Waals surface area contributed by atoms with E-state index >= 15 is 0 Å². The molecule has 19 heavy (non-hydrogen) atoms. The van der Waals surface area contributed by atoms with Gasteiger partial charge in [0.25, 0.3) is 0 Å². The highest BCUT2D eigenvalue weighted by molar-refractivity contribution is 5.17. The predicted molar refractivity (Wildman–Crippen MR) is 62.9 cm³/mol. The second kappa shape index (κ2) is 5.16. The molecule has 0 amide bonds. The van der Waals surface area contributed by atoms with E-state index in [1.54, 1.807) is 0 Å². The van der Waals surface area contributed by atoms with Gasteiger partial charge in [-0.15, -0.1) is 0 Å². The summed E-state index contributed by atoms with van der Waals surface area (Å²) in [6.45, 7) is -0.483. The van der Waals surface area contributed by atoms with Crippen molar-refractivity contribution in [2.45, 2.75) is 37.0 Å². The molecule has 3 N–H and O–H groups in total. The zero-order chi connectivity index (χ0) is 13.4. The molecule has 2 heterocycles. The number of rotatable bonds is 3. The number of aliphatic hydroxyl groups is 3. The summed E-state index contributed by atoms with van der Waals surface area (Å²) in [6.07, 6.45) is -5.04. The van der Waals surface area contributed by atoms with E-state index in [0.29, 0.717) is 0 Å². The van der Waals surface area contributed by atoms with E-state index in [0.717, 1.165) is 5.56 Å². The lowest BCUT2D eigenvalue weighted by molar-refractivity contribution is -0.191. The lowest BCUT2D eigenvalue weighted by atomic mass is 10.1. The normalized spacial score (nSPS) is 39.2. The monoisotopic (exact) mass is 268 g/mol. The number of aliphatic hydroxyl groups excluding tert-OH is 3. The van der Waals surface area contributed by atoms with Crippen molar-refractivity contribution in [1.29, 1.82) is 0 Å². The Bertz CT molecular complexity index is 424. The average molecular weight is 268 g/mol. The van der Waals surface area contributed by atoms with Crippen molar-refractivity contribution in [2.75, 3.05) is 6.61 Å². The summed E-state index contributed by atoms with van der Waals surface area (Å²) in [7, 11) is 0. The average Bonchev–Trinajstić information content (AvgIpc) is 2.99. The molecule has 1 unspecified atom stereocenters. The minimum atomic E-state index is -1.15. The first-order chi connectivity index (χ1) is 9.20. The Labute approximate surface area is 110 Å². The van der Waals surface area contributed by atoms with Gasteiger partial charge < -0.3 is 29.5 Å². The number of hydrogen-bond acceptors (Lipinski definition) is 6. The lowest BCUT2D eigenvalue weighted by Crippen LogP contribution is -2.41. The quantitative estimate of drug-likeness (QED) is 0.687. The molecule has 0 aliphatic carbocycles. The Hall–Kier alpha value is -1.02. The van der Waals surface area contributed by atoms with E-state index < -0.39 is 43.6 Å². The maximum absolute atomic E-state index is 10.0. The van der Waals surface area contributed by atoms with Crippen molar-refractivity contribution in [3.8, 4) is 0 Å². The molecule has 0 radical (unpaired) electrons. The van der Waals surface area contributed by atoms with Gasteiger partial charge in [-0.1, -0.05) is 30.3 Å². The van der Waals surface area contributed by atoms with Crippen LogP contribution >= 0.6 is 0 Å². The van der Waals surface area contributed by atoms with Gasteiger partial charge in [-0.3, -0.25) is 0 Å². The topological polar surface area (TPSA) is 88.4 Å². The minimum Gasteiger partial charge on any atom is -0.394 e. The van der Waals surface area contributed by atoms with Crippen LogP contribution in [-0.4, -0.2) is 52.6 Å². The second-order valence-electron chi connectivity index (χ2n) is 4.69. The van der Waals surface area contributed by atoms with Gasteiger partial charge in [-0.25, -0.2) is 0 Å². The van der Waals surface area contributed by atoms with Gasteiger partial charge in [0.15, 0.2) is 12.6 Å². The first-order valence-corrected chi connectivity index (χ1v) is 6.19. The molecule has 6 nitrogen and oxygen atoms in total. The maximum atomic E-state index is 10.0. The largest absolute Gasteiger partial charge is 0.394 e. The molecule has 0 aromatic heterocycles. The zero-order valence-electron chi connectivity index (χ0n) is 10.1. The van der Waals surface area contributed by atoms with Crippen LogP contribution in [0.15, 0.2) is 30.3 Å². The molecule has 6 heteroatoms. The van der Waals surface area contributed by atoms with Crippen LogP contribution in [-0.2, 0) is 14.2 Å². The first kappa shape index (κ1) is 13.0. The van der Waals surface area contributed by atoms with Crippen molar-refractivity contribution in [3.63, 3.8) is 0 Å². The summed E-state index contributed by atoms with van der Waals surface area (Å²) >= 11 is 0. The SMILES string of the molecule is OC[C@@H](O)[C@H]1O[C@@H]2OC(c3ccccc3)O[C@@H]2[C@H]1O. The van der Waals surface area contributed by atoms with Gasteiger partial charge >= 0.3 is 0 Å². The lowest BCUT2D eigenvalue weighted by Gasteiger charge is -2.22. The Kier molecular flexibility index (Phi) is 3.53. The van der Waals surface area contributed by atoms with Crippen molar-refractivity contribution >= 4 is 0 Å². The summed E-state index contributed by atoms with van der Waals surface area (Å²) in [6, 6.07) is 9.34. The van der Waals surface area contributed by atoms with E-state index in [9.17, 15) is 10.2 Å². The molecular weight excluding hydrogens is 252 g/mol. The summed E-state index contributed by atoms with van der Waals surface area (Å²) < 4.78 is 16.6. The van der Waals surface area contributed by atoms with E-state index in [1.807, 2.05) is 30.3 Å². The number of benzene rings is 1. The summed E-state index contributed by atoms with van der Waals surface area (Å²) in [4.78, 5) is 0. The van der Waals surface area contributed by atoms with E-state index in [-0.39, 0.29) is 0 Å². The van der Waals surface area contributed by atoms with Gasteiger partial charge in [-0.2, -0.15) is 0 Å². The smallest absolute Gasteiger partial charge is 0.190 e. The molecule has 0 spiro atoms. The van der Waals surface area contributed by atoms with Gasteiger partial charge in [0, 0.05) is 5.56 Å². The highest BCUT2D eigenvalue weighted by Gasteiger charge is 2.53. The predicted octanol–water partition coefficient (Wildman–Crippen LogP) is -0.460. The molecule has 0 bridgehead atoms. The first-order valence-electron chi connectivity index (χ1n) is 6.19. The molecule has 2 aliphatic rings. The molecule has 1 aromatic rings. The Balaban J connectivity index is 1.69. The third-order valence-corrected chi connectivity index (χ3v) is 3.41. The van der Waals surface area contributed by atoms with Crippen LogP contribution in [0.4, 0.5) is 0 Å². The van der Waals surface area contributed by atoms with Gasteiger partial charge in [-0.05, 0) is 0 Å². The minimum absolute atomic E-state index is 0.483. The molecule has 104 valence electrons. The van der Waals surface area contributed by atoms with Crippen LogP contribution in [0.3, 0.4) is 0 Å². The standard InChI is InChI=1S/C13H16O6/c14-6-8(15)10-9(16)11-13(17-10)19-12(18-11)7-4-2-1-3-5-7/h1-5,8-16H,6H2/t8-,9+,10-,11-,12?,13-/m1/s1. The van der Waals surface area contributed by atoms with Crippen LogP contribution in [0.1, 0.15) is 11.9 Å². The van der Waals surface area contributed by atoms with Crippen molar-refractivity contribution < 1.29 is 29.5 Å². The van der Waals surface area contributed by atoms with Crippen molar-refractivity contribution in [3.05, 3.63) is 35.9 Å². The molecule has 6 atom stereocenters. The molecule has 1 aromatic carbocycles. The number of fused-ring (bicyclic) bond motifs is 1. The van der Waals surface area contributed by atoms with Crippen molar-refractivity contribution in [1.82, 2.24) is 0 Å². The Morgan fingerprint density at radius 1 is 1.11 bits per heavy atom. The molecule has 2 aliphatic heterocycles. The second-order valence-corrected chi connectivity index (χ2v) is 4.69. The zero-order valence-corrected chi connectivity index (χ0v) is 10.1. The molecule has 2 saturated heterocycles. The van der Waals surface area contributed by atoms with Crippen LogP contribution in [0, 0.1) is 0 Å². The molecular formula is C13H16O6. The molecule has 3 rings (SSSR count). The highest BCUT2D eigenvalue weighted by atomic mass is 16.8. The number of hydrogen-bond donors (Lipinski definition) is 3. The van der Waals surface area contributed by atoms with Gasteiger partial charge in [0.05, 0.1) is 6.61 Å². The maximum Gasteiger partial charge on any atom is 0.190 e. The van der Waals surface area contributed by atoms with Crippen LogP contribution in [0.25, 0.3) is 0 Å². The fraction of sp³-hybridized carbons (Fsp3) is 0.538. The van der Waals surface area contributed by atoms with Crippen LogP contribution < -0.4 is 0 Å². The van der Waals surface area contributed by atoms with Crippen molar-refractivity contribution in [2.24, 2.45) is 0 Å². The fourth-order valence-electron chi connectivity index (χ4n) is 2.40. The molecule has 2 fully saturated rings. The summed E-state index contributed by atoms with van der Waals surface area (Å²) in [5.74, 6) is 0. The van der Waals surface area contributed by atoms with E-state index in [4.69, 9.17) is 19.3 Å². The summed E-state index contributed by atoms with van der Waals surface area (Å²) in [5, 5.41) is 28.4. The number of ether oxygens (including phenoxy) is 3. The third kappa shape index (κ3) is 2.27. The molecule has 0 saturated carbocycles. The van der Waals surface area contributed by atoms with E-state index in [1.165, 1.54) is 0 Å². The van der Waals surface area contributed by atoms with E-state index in [2.05, 4.69) is 0 Å². The van der Waals surface area contributed by atoms with Crippen LogP contribution in [0.5, 0.6) is 0 Å². The Morgan fingerprint density at radius 2 is 1.84 bits per heavy atom.